The summed E-state index contributed by atoms with van der Waals surface area (Å²) in [6.45, 7) is 2.61. The van der Waals surface area contributed by atoms with E-state index in [4.69, 9.17) is 14.2 Å². The van der Waals surface area contributed by atoms with E-state index < -0.39 is 0 Å². The van der Waals surface area contributed by atoms with E-state index >= 15 is 0 Å². The smallest absolute Gasteiger partial charge is 0.254 e. The zero-order valence-electron chi connectivity index (χ0n) is 17.5. The third kappa shape index (κ3) is 5.01. The first-order chi connectivity index (χ1) is 14.5. The van der Waals surface area contributed by atoms with Crippen LogP contribution < -0.4 is 19.5 Å². The molecule has 1 saturated heterocycles. The molecule has 1 aliphatic rings. The molecule has 0 aromatic heterocycles. The van der Waals surface area contributed by atoms with Crippen LogP contribution in [-0.4, -0.2) is 75.7 Å². The van der Waals surface area contributed by atoms with E-state index in [1.807, 2.05) is 17.0 Å². The Bertz CT molecular complexity index is 894. The van der Waals surface area contributed by atoms with Gasteiger partial charge in [-0.05, 0) is 30.3 Å². The van der Waals surface area contributed by atoms with E-state index in [2.05, 4.69) is 5.32 Å². The second-order valence-electron chi connectivity index (χ2n) is 6.89. The topological polar surface area (TPSA) is 80.3 Å². The summed E-state index contributed by atoms with van der Waals surface area (Å²) in [5.74, 6) is 1.55. The first kappa shape index (κ1) is 21.4. The highest BCUT2D eigenvalue weighted by atomic mass is 16.5. The normalized spacial score (nSPS) is 14.2. The Morgan fingerprint density at radius 1 is 0.867 bits per heavy atom. The molecule has 1 N–H and O–H groups in total. The molecule has 0 bridgehead atoms. The van der Waals surface area contributed by atoms with Gasteiger partial charge in [-0.2, -0.15) is 0 Å². The third-order valence-electron chi connectivity index (χ3n) is 5.04. The van der Waals surface area contributed by atoms with E-state index in [0.29, 0.717) is 54.7 Å². The minimum Gasteiger partial charge on any atom is -0.495 e. The van der Waals surface area contributed by atoms with Crippen LogP contribution in [0.3, 0.4) is 0 Å². The maximum Gasteiger partial charge on any atom is 0.254 e. The summed E-state index contributed by atoms with van der Waals surface area (Å²) in [4.78, 5) is 29.0. The van der Waals surface area contributed by atoms with Crippen molar-refractivity contribution in [1.29, 1.82) is 0 Å². The van der Waals surface area contributed by atoms with E-state index in [-0.39, 0.29) is 18.4 Å². The zero-order valence-corrected chi connectivity index (χ0v) is 17.5. The molecule has 2 aromatic rings. The van der Waals surface area contributed by atoms with E-state index in [1.165, 1.54) is 0 Å². The first-order valence-electron chi connectivity index (χ1n) is 9.72. The Morgan fingerprint density at radius 3 is 2.20 bits per heavy atom. The molecule has 0 radical (unpaired) electrons. The number of amides is 2. The largest absolute Gasteiger partial charge is 0.495 e. The molecule has 1 heterocycles. The average molecular weight is 413 g/mol. The lowest BCUT2D eigenvalue weighted by atomic mass is 10.1. The molecule has 3 rings (SSSR count). The molecule has 1 fully saturated rings. The maximum absolute atomic E-state index is 12.8. The van der Waals surface area contributed by atoms with Crippen molar-refractivity contribution in [3.8, 4) is 17.2 Å². The van der Waals surface area contributed by atoms with Crippen LogP contribution in [-0.2, 0) is 4.79 Å². The van der Waals surface area contributed by atoms with Crippen molar-refractivity contribution < 1.29 is 23.8 Å². The lowest BCUT2D eigenvalue weighted by Gasteiger charge is -2.34. The van der Waals surface area contributed by atoms with Crippen molar-refractivity contribution in [2.24, 2.45) is 0 Å². The van der Waals surface area contributed by atoms with E-state index in [1.54, 1.807) is 56.6 Å². The van der Waals surface area contributed by atoms with Gasteiger partial charge < -0.3 is 24.4 Å². The number of anilines is 1. The summed E-state index contributed by atoms with van der Waals surface area (Å²) < 4.78 is 15.8. The fourth-order valence-electron chi connectivity index (χ4n) is 3.40. The van der Waals surface area contributed by atoms with Gasteiger partial charge in [0.25, 0.3) is 5.91 Å². The predicted octanol–water partition coefficient (Wildman–Crippen LogP) is 2.11. The number of rotatable bonds is 7. The molecule has 2 aromatic carbocycles. The van der Waals surface area contributed by atoms with Gasteiger partial charge in [0.05, 0.1) is 33.6 Å². The minimum atomic E-state index is -0.112. The van der Waals surface area contributed by atoms with Gasteiger partial charge in [-0.25, -0.2) is 0 Å². The van der Waals surface area contributed by atoms with Crippen molar-refractivity contribution in [2.75, 3.05) is 59.4 Å². The molecule has 0 saturated carbocycles. The van der Waals surface area contributed by atoms with Crippen LogP contribution in [0.2, 0.25) is 0 Å². The van der Waals surface area contributed by atoms with Crippen molar-refractivity contribution >= 4 is 17.5 Å². The van der Waals surface area contributed by atoms with Crippen LogP contribution in [0.4, 0.5) is 5.69 Å². The highest BCUT2D eigenvalue weighted by Crippen LogP contribution is 2.28. The van der Waals surface area contributed by atoms with Gasteiger partial charge in [0.1, 0.15) is 5.75 Å². The SMILES string of the molecule is COc1ccccc1NC(=O)CN1CCN(C(=O)c2ccc(OC)c(OC)c2)CC1. The monoisotopic (exact) mass is 413 g/mol. The standard InChI is InChI=1S/C22H27N3O5/c1-28-18-7-5-4-6-17(18)23-21(26)15-24-10-12-25(13-11-24)22(27)16-8-9-19(29-2)20(14-16)30-3/h4-9,14H,10-13,15H2,1-3H3,(H,23,26). The highest BCUT2D eigenvalue weighted by molar-refractivity contribution is 5.95. The first-order valence-corrected chi connectivity index (χ1v) is 9.72. The van der Waals surface area contributed by atoms with Crippen LogP contribution in [0.5, 0.6) is 17.2 Å². The van der Waals surface area contributed by atoms with E-state index in [9.17, 15) is 9.59 Å². The second-order valence-corrected chi connectivity index (χ2v) is 6.89. The number of methoxy groups -OCH3 is 3. The summed E-state index contributed by atoms with van der Waals surface area (Å²) in [6.07, 6.45) is 0. The fraction of sp³-hybridized carbons (Fsp3) is 0.364. The molecule has 8 nitrogen and oxygen atoms in total. The summed E-state index contributed by atoms with van der Waals surface area (Å²) in [6, 6.07) is 12.4. The molecular formula is C22H27N3O5. The molecule has 8 heteroatoms. The summed E-state index contributed by atoms with van der Waals surface area (Å²) in [7, 11) is 4.67. The predicted molar refractivity (Wildman–Crippen MR) is 114 cm³/mol. The Kier molecular flexibility index (Phi) is 7.13. The molecule has 0 unspecified atom stereocenters. The number of ether oxygens (including phenoxy) is 3. The summed E-state index contributed by atoms with van der Waals surface area (Å²) in [5, 5.41) is 2.88. The van der Waals surface area contributed by atoms with Crippen LogP contribution in [0.15, 0.2) is 42.5 Å². The fourth-order valence-corrected chi connectivity index (χ4v) is 3.40. The van der Waals surface area contributed by atoms with Gasteiger partial charge >= 0.3 is 0 Å². The average Bonchev–Trinajstić information content (AvgIpc) is 2.79. The Labute approximate surface area is 176 Å². The number of benzene rings is 2. The van der Waals surface area contributed by atoms with Crippen molar-refractivity contribution in [3.63, 3.8) is 0 Å². The lowest BCUT2D eigenvalue weighted by Crippen LogP contribution is -2.50. The molecule has 160 valence electrons. The minimum absolute atomic E-state index is 0.0610. The highest BCUT2D eigenvalue weighted by Gasteiger charge is 2.24. The second kappa shape index (κ2) is 9.98. The van der Waals surface area contributed by atoms with Gasteiger partial charge in [0, 0.05) is 31.7 Å². The Balaban J connectivity index is 1.53. The molecule has 0 aliphatic carbocycles. The lowest BCUT2D eigenvalue weighted by molar-refractivity contribution is -0.117. The summed E-state index contributed by atoms with van der Waals surface area (Å²) >= 11 is 0. The van der Waals surface area contributed by atoms with Gasteiger partial charge in [0.2, 0.25) is 5.91 Å². The molecule has 30 heavy (non-hydrogen) atoms. The van der Waals surface area contributed by atoms with Crippen molar-refractivity contribution in [2.45, 2.75) is 0 Å². The molecule has 2 amide bonds. The Hall–Kier alpha value is -3.26. The molecule has 0 atom stereocenters. The number of hydrogen-bond donors (Lipinski definition) is 1. The number of nitrogens with zero attached hydrogens (tertiary/aromatic N) is 2. The van der Waals surface area contributed by atoms with Crippen molar-refractivity contribution in [3.05, 3.63) is 48.0 Å². The van der Waals surface area contributed by atoms with Crippen LogP contribution >= 0.6 is 0 Å². The number of carbonyl (C=O) groups is 2. The zero-order chi connectivity index (χ0) is 21.5. The van der Waals surface area contributed by atoms with Crippen LogP contribution in [0.1, 0.15) is 10.4 Å². The number of carbonyl (C=O) groups excluding carboxylic acids is 2. The molecular weight excluding hydrogens is 386 g/mol. The number of hydrogen-bond acceptors (Lipinski definition) is 6. The molecule has 1 aliphatic heterocycles. The Morgan fingerprint density at radius 2 is 1.53 bits per heavy atom. The third-order valence-corrected chi connectivity index (χ3v) is 5.04. The number of para-hydroxylation sites is 2. The van der Waals surface area contributed by atoms with Gasteiger partial charge in [-0.3, -0.25) is 14.5 Å². The molecule has 0 spiro atoms. The summed E-state index contributed by atoms with van der Waals surface area (Å²) in [5.41, 5.74) is 1.20. The number of piperazine rings is 1. The van der Waals surface area contributed by atoms with E-state index in [0.717, 1.165) is 0 Å². The number of nitrogens with one attached hydrogen (secondary N) is 1. The van der Waals surface area contributed by atoms with Crippen LogP contribution in [0, 0.1) is 0 Å². The van der Waals surface area contributed by atoms with Gasteiger partial charge in [-0.1, -0.05) is 12.1 Å². The van der Waals surface area contributed by atoms with Crippen LogP contribution in [0.25, 0.3) is 0 Å². The van der Waals surface area contributed by atoms with Gasteiger partial charge in [-0.15, -0.1) is 0 Å². The quantitative estimate of drug-likeness (QED) is 0.749. The maximum atomic E-state index is 12.8. The van der Waals surface area contributed by atoms with Gasteiger partial charge in [0.15, 0.2) is 11.5 Å². The van der Waals surface area contributed by atoms with Crippen molar-refractivity contribution in [1.82, 2.24) is 9.80 Å².